The molecule has 4 nitrogen and oxygen atoms in total. The minimum atomic E-state index is -0.113. The van der Waals surface area contributed by atoms with Crippen molar-refractivity contribution in [2.45, 2.75) is 61.8 Å². The summed E-state index contributed by atoms with van der Waals surface area (Å²) in [4.78, 5) is 27.1. The van der Waals surface area contributed by atoms with E-state index < -0.39 is 0 Å². The van der Waals surface area contributed by atoms with Crippen molar-refractivity contribution in [3.8, 4) is 0 Å². The van der Waals surface area contributed by atoms with Gasteiger partial charge in [-0.3, -0.25) is 9.59 Å². The standard InChI is InChI=1S/C19H27ClN2O2S/c1-13-4-10-17(11-5-13)25-14(2)19(24)22(3)16-8-6-15(7-9-16)21-18(23)12-20/h4-5,10-11,14-16H,6-9,12H2,1-3H3,(H,21,23). The number of thioether (sulfide) groups is 1. The molecular weight excluding hydrogens is 356 g/mol. The van der Waals surface area contributed by atoms with E-state index in [-0.39, 0.29) is 35.0 Å². The Balaban J connectivity index is 1.83. The maximum absolute atomic E-state index is 12.7. The highest BCUT2D eigenvalue weighted by molar-refractivity contribution is 8.00. The summed E-state index contributed by atoms with van der Waals surface area (Å²) in [7, 11) is 1.90. The Labute approximate surface area is 159 Å². The molecule has 1 aromatic rings. The van der Waals surface area contributed by atoms with Gasteiger partial charge in [-0.1, -0.05) is 17.7 Å². The molecule has 0 spiro atoms. The first-order chi connectivity index (χ1) is 11.9. The van der Waals surface area contributed by atoms with Crippen molar-refractivity contribution in [2.75, 3.05) is 12.9 Å². The van der Waals surface area contributed by atoms with Gasteiger partial charge in [0.05, 0.1) is 5.25 Å². The zero-order valence-corrected chi connectivity index (χ0v) is 16.7. The molecule has 0 radical (unpaired) electrons. The summed E-state index contributed by atoms with van der Waals surface area (Å²) < 4.78 is 0. The van der Waals surface area contributed by atoms with E-state index in [9.17, 15) is 9.59 Å². The third kappa shape index (κ3) is 5.93. The SMILES string of the molecule is Cc1ccc(SC(C)C(=O)N(C)C2CCC(NC(=O)CCl)CC2)cc1. The average molecular weight is 383 g/mol. The molecule has 2 amide bonds. The fourth-order valence-electron chi connectivity index (χ4n) is 3.21. The Morgan fingerprint density at radius 2 is 1.84 bits per heavy atom. The highest BCUT2D eigenvalue weighted by Crippen LogP contribution is 2.28. The quantitative estimate of drug-likeness (QED) is 0.604. The minimum Gasteiger partial charge on any atom is -0.352 e. The van der Waals surface area contributed by atoms with E-state index >= 15 is 0 Å². The van der Waals surface area contributed by atoms with Crippen LogP contribution in [0.2, 0.25) is 0 Å². The van der Waals surface area contributed by atoms with Gasteiger partial charge in [0, 0.05) is 24.0 Å². The number of hydrogen-bond donors (Lipinski definition) is 1. The van der Waals surface area contributed by atoms with Crippen LogP contribution in [0.1, 0.15) is 38.2 Å². The number of hydrogen-bond acceptors (Lipinski definition) is 3. The number of nitrogens with one attached hydrogen (secondary N) is 1. The van der Waals surface area contributed by atoms with Gasteiger partial charge < -0.3 is 10.2 Å². The van der Waals surface area contributed by atoms with Gasteiger partial charge in [0.25, 0.3) is 0 Å². The van der Waals surface area contributed by atoms with Gasteiger partial charge >= 0.3 is 0 Å². The van der Waals surface area contributed by atoms with Crippen LogP contribution in [0.25, 0.3) is 0 Å². The molecule has 1 saturated carbocycles. The van der Waals surface area contributed by atoms with Crippen LogP contribution in [-0.4, -0.2) is 47.0 Å². The van der Waals surface area contributed by atoms with Crippen LogP contribution in [-0.2, 0) is 9.59 Å². The zero-order valence-electron chi connectivity index (χ0n) is 15.1. The second kappa shape index (κ2) is 9.48. The van der Waals surface area contributed by atoms with E-state index in [1.807, 2.05) is 18.9 Å². The molecule has 138 valence electrons. The van der Waals surface area contributed by atoms with Crippen molar-refractivity contribution in [1.29, 1.82) is 0 Å². The first-order valence-corrected chi connectivity index (χ1v) is 10.2. The summed E-state index contributed by atoms with van der Waals surface area (Å²) in [5, 5.41) is 2.83. The molecule has 0 aromatic heterocycles. The molecule has 1 aliphatic rings. The van der Waals surface area contributed by atoms with E-state index in [0.717, 1.165) is 30.6 Å². The molecule has 6 heteroatoms. The summed E-state index contributed by atoms with van der Waals surface area (Å²) in [6.07, 6.45) is 3.61. The van der Waals surface area contributed by atoms with Crippen LogP contribution in [0.3, 0.4) is 0 Å². The van der Waals surface area contributed by atoms with Gasteiger partial charge in [0.1, 0.15) is 5.88 Å². The largest absolute Gasteiger partial charge is 0.352 e. The van der Waals surface area contributed by atoms with E-state index in [1.54, 1.807) is 11.8 Å². The number of aryl methyl sites for hydroxylation is 1. The first-order valence-electron chi connectivity index (χ1n) is 8.76. The van der Waals surface area contributed by atoms with Crippen LogP contribution in [0.5, 0.6) is 0 Å². The molecule has 0 bridgehead atoms. The van der Waals surface area contributed by atoms with Crippen molar-refractivity contribution in [3.05, 3.63) is 29.8 Å². The van der Waals surface area contributed by atoms with E-state index in [4.69, 9.17) is 11.6 Å². The highest BCUT2D eigenvalue weighted by atomic mass is 35.5. The number of benzene rings is 1. The molecule has 1 atom stereocenters. The fraction of sp³-hybridized carbons (Fsp3) is 0.579. The Kier molecular flexibility index (Phi) is 7.63. The monoisotopic (exact) mass is 382 g/mol. The summed E-state index contributed by atoms with van der Waals surface area (Å²) >= 11 is 7.14. The van der Waals surface area contributed by atoms with Gasteiger partial charge in [-0.25, -0.2) is 0 Å². The number of carbonyl (C=O) groups excluding carboxylic acids is 2. The molecule has 1 aliphatic carbocycles. The summed E-state index contributed by atoms with van der Waals surface area (Å²) in [6.45, 7) is 4.03. The lowest BCUT2D eigenvalue weighted by atomic mass is 9.90. The zero-order chi connectivity index (χ0) is 18.4. The summed E-state index contributed by atoms with van der Waals surface area (Å²) in [5.41, 5.74) is 1.22. The molecule has 1 unspecified atom stereocenters. The average Bonchev–Trinajstić information content (AvgIpc) is 2.62. The number of alkyl halides is 1. The van der Waals surface area contributed by atoms with Crippen molar-refractivity contribution < 1.29 is 9.59 Å². The molecule has 1 aromatic carbocycles. The predicted octanol–water partition coefficient (Wildman–Crippen LogP) is 3.60. The number of amides is 2. The van der Waals surface area contributed by atoms with Crippen molar-refractivity contribution >= 4 is 35.2 Å². The second-order valence-corrected chi connectivity index (χ2v) is 8.41. The van der Waals surface area contributed by atoms with Crippen molar-refractivity contribution in [3.63, 3.8) is 0 Å². The Bertz CT molecular complexity index is 586. The normalized spacial score (nSPS) is 21.4. The number of carbonyl (C=O) groups is 2. The van der Waals surface area contributed by atoms with Crippen LogP contribution in [0.4, 0.5) is 0 Å². The maximum atomic E-state index is 12.7. The predicted molar refractivity (Wildman–Crippen MR) is 104 cm³/mol. The fourth-order valence-corrected chi connectivity index (χ4v) is 4.26. The van der Waals surface area contributed by atoms with E-state index in [2.05, 4.69) is 36.5 Å². The Hall–Kier alpha value is -1.20. The third-order valence-corrected chi connectivity index (χ3v) is 6.10. The second-order valence-electron chi connectivity index (χ2n) is 6.73. The molecule has 0 saturated heterocycles. The first kappa shape index (κ1) is 20.1. The Morgan fingerprint density at radius 3 is 2.40 bits per heavy atom. The number of rotatable bonds is 6. The summed E-state index contributed by atoms with van der Waals surface area (Å²) in [6, 6.07) is 8.70. The molecule has 0 heterocycles. The van der Waals surface area contributed by atoms with Crippen molar-refractivity contribution in [2.24, 2.45) is 0 Å². The lowest BCUT2D eigenvalue weighted by Crippen LogP contribution is -2.46. The van der Waals surface area contributed by atoms with Crippen molar-refractivity contribution in [1.82, 2.24) is 10.2 Å². The van der Waals surface area contributed by atoms with E-state index in [1.165, 1.54) is 5.56 Å². The van der Waals surface area contributed by atoms with Gasteiger partial charge in [-0.05, 0) is 51.7 Å². The molecule has 1 fully saturated rings. The molecule has 0 aliphatic heterocycles. The lowest BCUT2D eigenvalue weighted by Gasteiger charge is -2.36. The van der Waals surface area contributed by atoms with Crippen LogP contribution in [0.15, 0.2) is 29.2 Å². The topological polar surface area (TPSA) is 49.4 Å². The van der Waals surface area contributed by atoms with E-state index in [0.29, 0.717) is 0 Å². The lowest BCUT2D eigenvalue weighted by molar-refractivity contribution is -0.132. The minimum absolute atomic E-state index is 0.00602. The Morgan fingerprint density at radius 1 is 1.24 bits per heavy atom. The van der Waals surface area contributed by atoms with Crippen LogP contribution >= 0.6 is 23.4 Å². The molecule has 1 N–H and O–H groups in total. The van der Waals surface area contributed by atoms with Gasteiger partial charge in [0.2, 0.25) is 11.8 Å². The third-order valence-electron chi connectivity index (χ3n) is 4.76. The number of halogens is 1. The number of nitrogens with zero attached hydrogens (tertiary/aromatic N) is 1. The summed E-state index contributed by atoms with van der Waals surface area (Å²) in [5.74, 6) is 0.0583. The maximum Gasteiger partial charge on any atom is 0.235 e. The highest BCUT2D eigenvalue weighted by Gasteiger charge is 2.29. The van der Waals surface area contributed by atoms with Gasteiger partial charge in [0.15, 0.2) is 0 Å². The smallest absolute Gasteiger partial charge is 0.235 e. The van der Waals surface area contributed by atoms with Gasteiger partial charge in [-0.2, -0.15) is 0 Å². The molecule has 2 rings (SSSR count). The van der Waals surface area contributed by atoms with Gasteiger partial charge in [-0.15, -0.1) is 23.4 Å². The molecule has 25 heavy (non-hydrogen) atoms. The van der Waals surface area contributed by atoms with Crippen LogP contribution < -0.4 is 5.32 Å². The van der Waals surface area contributed by atoms with Crippen LogP contribution in [0, 0.1) is 6.92 Å². The molecular formula is C19H27ClN2O2S.